The monoisotopic (exact) mass is 150 g/mol. The summed E-state index contributed by atoms with van der Waals surface area (Å²) in [6.45, 7) is 14.5. The number of aliphatic hydroxyl groups is 1. The smallest absolute Gasteiger partial charge is 0.0319 e. The van der Waals surface area contributed by atoms with Gasteiger partial charge < -0.3 is 5.11 Å². The lowest BCUT2D eigenvalue weighted by molar-refractivity contribution is 0.399. The maximum absolute atomic E-state index is 7.00. The maximum atomic E-state index is 7.00. The maximum Gasteiger partial charge on any atom is 0.0319 e. The molecule has 0 aromatic heterocycles. The van der Waals surface area contributed by atoms with Crippen molar-refractivity contribution in [3.05, 3.63) is 0 Å². The Morgan fingerprint density at radius 3 is 0.700 bits per heavy atom. The van der Waals surface area contributed by atoms with Crippen LogP contribution in [0.3, 0.4) is 0 Å². The van der Waals surface area contributed by atoms with Crippen molar-refractivity contribution in [2.75, 3.05) is 7.11 Å². The predicted molar refractivity (Wildman–Crippen MR) is 51.4 cm³/mol. The van der Waals surface area contributed by atoms with Gasteiger partial charge in [-0.25, -0.2) is 0 Å². The van der Waals surface area contributed by atoms with Gasteiger partial charge in [-0.1, -0.05) is 48.5 Å². The third-order valence-corrected chi connectivity index (χ3v) is 0. The normalized spacial score (nSPS) is 5.40. The molecule has 0 fully saturated rings. The summed E-state index contributed by atoms with van der Waals surface area (Å²) in [5.41, 5.74) is 0. The first-order valence-corrected chi connectivity index (χ1v) is 4.18. The predicted octanol–water partition coefficient (Wildman–Crippen LogP) is 3.32. The van der Waals surface area contributed by atoms with Crippen LogP contribution >= 0.6 is 0 Å². The van der Waals surface area contributed by atoms with Crippen LogP contribution in [0.1, 0.15) is 48.5 Å². The first kappa shape index (κ1) is 22.5. The third-order valence-electron chi connectivity index (χ3n) is 0. The molecule has 1 N–H and O–H groups in total. The van der Waals surface area contributed by atoms with Gasteiger partial charge in [0.2, 0.25) is 0 Å². The van der Waals surface area contributed by atoms with Crippen molar-refractivity contribution >= 4 is 0 Å². The lowest BCUT2D eigenvalue weighted by Gasteiger charge is -1.79. The summed E-state index contributed by atoms with van der Waals surface area (Å²) >= 11 is 0. The molecule has 0 saturated heterocycles. The Morgan fingerprint density at radius 1 is 0.700 bits per heavy atom. The van der Waals surface area contributed by atoms with Crippen molar-refractivity contribution < 1.29 is 5.11 Å². The highest BCUT2D eigenvalue weighted by molar-refractivity contribution is 4.20. The first-order chi connectivity index (χ1) is 4.73. The molecule has 10 heavy (non-hydrogen) atoms. The van der Waals surface area contributed by atoms with Gasteiger partial charge in [0.25, 0.3) is 0 Å². The molecule has 68 valence electrons. The molecular weight excluding hydrogens is 124 g/mol. The Labute approximate surface area is 67.5 Å². The SMILES string of the molecule is CC.CC.CC(C)C.CO. The number of hydrogen-bond donors (Lipinski definition) is 1. The number of rotatable bonds is 0. The zero-order chi connectivity index (χ0) is 9.58. The third kappa shape index (κ3) is 241000. The molecule has 0 saturated carbocycles. The van der Waals surface area contributed by atoms with Crippen LogP contribution in [0, 0.1) is 5.92 Å². The molecule has 0 atom stereocenters. The number of hydrogen-bond acceptors (Lipinski definition) is 1. The van der Waals surface area contributed by atoms with E-state index in [-0.39, 0.29) is 0 Å². The fourth-order valence-electron chi connectivity index (χ4n) is 0. The highest BCUT2D eigenvalue weighted by Gasteiger charge is 1.68. The summed E-state index contributed by atoms with van der Waals surface area (Å²) in [7, 11) is 1.00. The van der Waals surface area contributed by atoms with Gasteiger partial charge in [0.05, 0.1) is 0 Å². The van der Waals surface area contributed by atoms with E-state index >= 15 is 0 Å². The molecule has 0 bridgehead atoms. The van der Waals surface area contributed by atoms with Crippen molar-refractivity contribution in [1.82, 2.24) is 0 Å². The Morgan fingerprint density at radius 2 is 0.700 bits per heavy atom. The van der Waals surface area contributed by atoms with Crippen molar-refractivity contribution in [3.8, 4) is 0 Å². The van der Waals surface area contributed by atoms with E-state index in [0.717, 1.165) is 13.0 Å². The van der Waals surface area contributed by atoms with Crippen LogP contribution in [-0.2, 0) is 0 Å². The summed E-state index contributed by atoms with van der Waals surface area (Å²) in [4.78, 5) is 0. The second-order valence-corrected chi connectivity index (χ2v) is 1.73. The van der Waals surface area contributed by atoms with Crippen LogP contribution < -0.4 is 0 Å². The molecule has 0 spiro atoms. The van der Waals surface area contributed by atoms with Gasteiger partial charge in [0, 0.05) is 7.11 Å². The summed E-state index contributed by atoms with van der Waals surface area (Å²) < 4.78 is 0. The van der Waals surface area contributed by atoms with Crippen LogP contribution in [0.2, 0.25) is 0 Å². The fraction of sp³-hybridized carbons (Fsp3) is 1.00. The Bertz CT molecular complexity index is 9.44. The van der Waals surface area contributed by atoms with Gasteiger partial charge in [-0.15, -0.1) is 0 Å². The van der Waals surface area contributed by atoms with Crippen molar-refractivity contribution in [1.29, 1.82) is 0 Å². The van der Waals surface area contributed by atoms with Gasteiger partial charge in [0.15, 0.2) is 0 Å². The Hall–Kier alpha value is -0.0400. The highest BCUT2D eigenvalue weighted by atomic mass is 16.2. The van der Waals surface area contributed by atoms with E-state index in [4.69, 9.17) is 5.11 Å². The molecule has 0 aliphatic heterocycles. The van der Waals surface area contributed by atoms with Gasteiger partial charge in [-0.3, -0.25) is 0 Å². The quantitative estimate of drug-likeness (QED) is 0.561. The van der Waals surface area contributed by atoms with Crippen LogP contribution in [0.4, 0.5) is 0 Å². The van der Waals surface area contributed by atoms with E-state index in [9.17, 15) is 0 Å². The lowest BCUT2D eigenvalue weighted by atomic mass is 10.3. The van der Waals surface area contributed by atoms with E-state index in [1.807, 2.05) is 27.7 Å². The molecule has 0 aromatic carbocycles. The fourth-order valence-corrected chi connectivity index (χ4v) is 0. The average Bonchev–Trinajstić information content (AvgIpc) is 1.98. The molecule has 1 nitrogen and oxygen atoms in total. The molecule has 0 amide bonds. The van der Waals surface area contributed by atoms with E-state index in [1.165, 1.54) is 0 Å². The van der Waals surface area contributed by atoms with Crippen LogP contribution in [0.15, 0.2) is 0 Å². The minimum atomic E-state index is 0.833. The number of aliphatic hydroxyl groups excluding tert-OH is 1. The molecule has 0 aromatic rings. The second kappa shape index (κ2) is 64.8. The molecular formula is C9H26O. The van der Waals surface area contributed by atoms with Gasteiger partial charge in [-0.2, -0.15) is 0 Å². The average molecular weight is 150 g/mol. The van der Waals surface area contributed by atoms with Crippen molar-refractivity contribution in [2.24, 2.45) is 5.92 Å². The van der Waals surface area contributed by atoms with Crippen molar-refractivity contribution in [2.45, 2.75) is 48.5 Å². The molecule has 0 radical (unpaired) electrons. The second-order valence-electron chi connectivity index (χ2n) is 1.73. The molecule has 0 aliphatic carbocycles. The molecule has 0 heterocycles. The minimum absolute atomic E-state index is 0.833. The summed E-state index contributed by atoms with van der Waals surface area (Å²) in [5, 5.41) is 7.00. The van der Waals surface area contributed by atoms with Gasteiger partial charge in [-0.05, 0) is 5.92 Å². The summed E-state index contributed by atoms with van der Waals surface area (Å²) in [5.74, 6) is 0.833. The standard InChI is InChI=1S/C4H10.2C2H6.CH4O/c1-4(2)3;3*1-2/h4H,1-3H3;2*1-2H3;2H,1H3. The van der Waals surface area contributed by atoms with Gasteiger partial charge >= 0.3 is 0 Å². The summed E-state index contributed by atoms with van der Waals surface area (Å²) in [6.07, 6.45) is 0. The van der Waals surface area contributed by atoms with E-state index in [1.54, 1.807) is 0 Å². The molecule has 1 heteroatoms. The minimum Gasteiger partial charge on any atom is -0.400 e. The molecule has 0 unspecified atom stereocenters. The van der Waals surface area contributed by atoms with Gasteiger partial charge in [0.1, 0.15) is 0 Å². The van der Waals surface area contributed by atoms with E-state index in [2.05, 4.69) is 20.8 Å². The Balaban J connectivity index is -0.0000000262. The van der Waals surface area contributed by atoms with E-state index in [0.29, 0.717) is 0 Å². The van der Waals surface area contributed by atoms with E-state index < -0.39 is 0 Å². The zero-order valence-corrected chi connectivity index (χ0v) is 9.02. The highest BCUT2D eigenvalue weighted by Crippen LogP contribution is 1.81. The van der Waals surface area contributed by atoms with Crippen LogP contribution in [0.5, 0.6) is 0 Å². The summed E-state index contributed by atoms with van der Waals surface area (Å²) in [6, 6.07) is 0. The van der Waals surface area contributed by atoms with Crippen molar-refractivity contribution in [3.63, 3.8) is 0 Å². The van der Waals surface area contributed by atoms with Crippen LogP contribution in [0.25, 0.3) is 0 Å². The van der Waals surface area contributed by atoms with Crippen LogP contribution in [-0.4, -0.2) is 12.2 Å². The molecule has 0 aliphatic rings. The molecule has 0 rings (SSSR count). The zero-order valence-electron chi connectivity index (χ0n) is 9.02. The topological polar surface area (TPSA) is 20.2 Å². The first-order valence-electron chi connectivity index (χ1n) is 4.18. The largest absolute Gasteiger partial charge is 0.400 e. The Kier molecular flexibility index (Phi) is 146. The lowest BCUT2D eigenvalue weighted by Crippen LogP contribution is -1.66.